The number of hydrogen-bond acceptors (Lipinski definition) is 7. The van der Waals surface area contributed by atoms with Crippen LogP contribution < -0.4 is 5.32 Å². The van der Waals surface area contributed by atoms with Crippen LogP contribution in [0.2, 0.25) is 0 Å². The van der Waals surface area contributed by atoms with Gasteiger partial charge in [0.1, 0.15) is 0 Å². The number of nitrogens with zero attached hydrogens (tertiary/aromatic N) is 1. The molecule has 1 aliphatic rings. The molecule has 1 fully saturated rings. The fourth-order valence-corrected chi connectivity index (χ4v) is 5.14. The Balaban J connectivity index is 1.70. The molecule has 0 bridgehead atoms. The van der Waals surface area contributed by atoms with Crippen LogP contribution >= 0.6 is 23.1 Å². The van der Waals surface area contributed by atoms with Crippen molar-refractivity contribution >= 4 is 56.8 Å². The predicted octanol–water partition coefficient (Wildman–Crippen LogP) is 3.39. The lowest BCUT2D eigenvalue weighted by molar-refractivity contribution is -0.147. The monoisotopic (exact) mass is 408 g/mol. The molecule has 0 unspecified atom stereocenters. The summed E-state index contributed by atoms with van der Waals surface area (Å²) in [6.07, 6.45) is 2.86. The van der Waals surface area contributed by atoms with Crippen LogP contribution in [-0.2, 0) is 19.1 Å². The fourth-order valence-electron chi connectivity index (χ4n) is 3.20. The van der Waals surface area contributed by atoms with Gasteiger partial charge in [-0.2, -0.15) is 0 Å². The van der Waals surface area contributed by atoms with Crippen molar-refractivity contribution in [2.24, 2.45) is 11.8 Å². The first-order valence-electron chi connectivity index (χ1n) is 8.62. The molecule has 7 nitrogen and oxygen atoms in total. The quantitative estimate of drug-likeness (QED) is 0.557. The molecule has 2 atom stereocenters. The number of carboxylic acid groups (broad SMARTS) is 1. The third kappa shape index (κ3) is 4.78. The van der Waals surface area contributed by atoms with Gasteiger partial charge in [0.15, 0.2) is 4.34 Å². The Morgan fingerprint density at radius 2 is 2.04 bits per heavy atom. The minimum atomic E-state index is -0.903. The summed E-state index contributed by atoms with van der Waals surface area (Å²) in [5.74, 6) is -2.39. The molecule has 144 valence electrons. The summed E-state index contributed by atoms with van der Waals surface area (Å²) in [6, 6.07) is 5.39. The molecule has 2 N–H and O–H groups in total. The lowest BCUT2D eigenvalue weighted by Crippen LogP contribution is -2.36. The van der Waals surface area contributed by atoms with Gasteiger partial charge in [-0.3, -0.25) is 14.4 Å². The van der Waals surface area contributed by atoms with E-state index in [4.69, 9.17) is 0 Å². The SMILES string of the molecule is COC(=O)CSc1nc2ccc(NC(=O)[C@@H]3CCCC[C@H]3C(=O)O)cc2s1. The van der Waals surface area contributed by atoms with E-state index in [1.54, 1.807) is 12.1 Å². The second-order valence-corrected chi connectivity index (χ2v) is 8.61. The van der Waals surface area contributed by atoms with Crippen molar-refractivity contribution in [2.75, 3.05) is 18.2 Å². The number of fused-ring (bicyclic) bond motifs is 1. The maximum Gasteiger partial charge on any atom is 0.316 e. The highest BCUT2D eigenvalue weighted by Gasteiger charge is 2.35. The topological polar surface area (TPSA) is 106 Å². The van der Waals surface area contributed by atoms with E-state index < -0.39 is 17.8 Å². The second-order valence-electron chi connectivity index (χ2n) is 6.35. The van der Waals surface area contributed by atoms with Crippen molar-refractivity contribution in [3.05, 3.63) is 18.2 Å². The van der Waals surface area contributed by atoms with Crippen LogP contribution in [-0.4, -0.2) is 40.8 Å². The van der Waals surface area contributed by atoms with Gasteiger partial charge in [-0.05, 0) is 31.0 Å². The first-order chi connectivity index (χ1) is 13.0. The molecule has 2 aromatic rings. The molecule has 0 saturated heterocycles. The zero-order chi connectivity index (χ0) is 19.4. The summed E-state index contributed by atoms with van der Waals surface area (Å²) < 4.78 is 6.25. The highest BCUT2D eigenvalue weighted by molar-refractivity contribution is 8.01. The number of carbonyl (C=O) groups excluding carboxylic acids is 2. The Bertz CT molecular complexity index is 867. The molecule has 27 heavy (non-hydrogen) atoms. The molecular formula is C18H20N2O5S2. The highest BCUT2D eigenvalue weighted by atomic mass is 32.2. The van der Waals surface area contributed by atoms with E-state index in [0.29, 0.717) is 18.5 Å². The second kappa shape index (κ2) is 8.71. The van der Waals surface area contributed by atoms with E-state index >= 15 is 0 Å². The Morgan fingerprint density at radius 3 is 2.74 bits per heavy atom. The van der Waals surface area contributed by atoms with Gasteiger partial charge in [-0.15, -0.1) is 11.3 Å². The number of rotatable bonds is 6. The van der Waals surface area contributed by atoms with E-state index in [9.17, 15) is 19.5 Å². The van der Waals surface area contributed by atoms with Crippen molar-refractivity contribution in [3.8, 4) is 0 Å². The number of carboxylic acids is 1. The van der Waals surface area contributed by atoms with Crippen molar-refractivity contribution in [3.63, 3.8) is 0 Å². The Morgan fingerprint density at radius 1 is 1.30 bits per heavy atom. The summed E-state index contributed by atoms with van der Waals surface area (Å²) in [6.45, 7) is 0. The summed E-state index contributed by atoms with van der Waals surface area (Å²) in [4.78, 5) is 39.7. The highest BCUT2D eigenvalue weighted by Crippen LogP contribution is 2.33. The average Bonchev–Trinajstić information content (AvgIpc) is 3.08. The molecule has 0 aliphatic heterocycles. The number of esters is 1. The summed E-state index contributed by atoms with van der Waals surface area (Å²) in [5.41, 5.74) is 1.40. The summed E-state index contributed by atoms with van der Waals surface area (Å²) >= 11 is 2.74. The number of nitrogens with one attached hydrogen (secondary N) is 1. The van der Waals surface area contributed by atoms with E-state index in [1.807, 2.05) is 6.07 Å². The van der Waals surface area contributed by atoms with Gasteiger partial charge in [-0.25, -0.2) is 4.98 Å². The van der Waals surface area contributed by atoms with Crippen LogP contribution in [0.15, 0.2) is 22.5 Å². The molecule has 1 aromatic carbocycles. The fraction of sp³-hybridized carbons (Fsp3) is 0.444. The zero-order valence-corrected chi connectivity index (χ0v) is 16.4. The molecule has 1 heterocycles. The summed E-state index contributed by atoms with van der Waals surface area (Å²) in [7, 11) is 1.34. The van der Waals surface area contributed by atoms with Crippen molar-refractivity contribution in [1.29, 1.82) is 0 Å². The first kappa shape index (κ1) is 19.6. The first-order valence-corrected chi connectivity index (χ1v) is 10.4. The number of aromatic nitrogens is 1. The predicted molar refractivity (Wildman–Crippen MR) is 104 cm³/mol. The number of thioether (sulfide) groups is 1. The minimum Gasteiger partial charge on any atom is -0.481 e. The number of carbonyl (C=O) groups is 3. The van der Waals surface area contributed by atoms with E-state index in [0.717, 1.165) is 27.4 Å². The average molecular weight is 409 g/mol. The Labute approximate surface area is 164 Å². The van der Waals surface area contributed by atoms with E-state index in [2.05, 4.69) is 15.0 Å². The molecule has 1 amide bonds. The molecule has 9 heteroatoms. The Hall–Kier alpha value is -2.13. The third-order valence-corrected chi connectivity index (χ3v) is 6.73. The van der Waals surface area contributed by atoms with Gasteiger partial charge in [0.2, 0.25) is 5.91 Å². The number of aliphatic carboxylic acids is 1. The van der Waals surface area contributed by atoms with Crippen LogP contribution in [0, 0.1) is 11.8 Å². The van der Waals surface area contributed by atoms with Gasteiger partial charge in [-0.1, -0.05) is 24.6 Å². The number of methoxy groups -OCH3 is 1. The lowest BCUT2D eigenvalue weighted by Gasteiger charge is -2.27. The molecular weight excluding hydrogens is 388 g/mol. The van der Waals surface area contributed by atoms with E-state index in [-0.39, 0.29) is 17.6 Å². The maximum absolute atomic E-state index is 12.6. The zero-order valence-electron chi connectivity index (χ0n) is 14.8. The number of anilines is 1. The van der Waals surface area contributed by atoms with Crippen LogP contribution in [0.5, 0.6) is 0 Å². The molecule has 1 saturated carbocycles. The van der Waals surface area contributed by atoms with Crippen molar-refractivity contribution in [2.45, 2.75) is 30.0 Å². The Kier molecular flexibility index (Phi) is 6.33. The van der Waals surface area contributed by atoms with Crippen LogP contribution in [0.3, 0.4) is 0 Å². The number of thiazole rings is 1. The van der Waals surface area contributed by atoms with E-state index in [1.165, 1.54) is 30.2 Å². The van der Waals surface area contributed by atoms with Crippen LogP contribution in [0.25, 0.3) is 10.2 Å². The maximum atomic E-state index is 12.6. The van der Waals surface area contributed by atoms with Gasteiger partial charge < -0.3 is 15.2 Å². The number of ether oxygens (including phenoxy) is 1. The van der Waals surface area contributed by atoms with Gasteiger partial charge in [0, 0.05) is 5.69 Å². The van der Waals surface area contributed by atoms with Crippen LogP contribution in [0.4, 0.5) is 5.69 Å². The standard InChI is InChI=1S/C18H20N2O5S2/c1-25-15(21)9-26-18-20-13-7-6-10(8-14(13)27-18)19-16(22)11-4-2-3-5-12(11)17(23)24/h6-8,11-12H,2-5,9H2,1H3,(H,19,22)(H,23,24)/t11-,12-/m1/s1. The number of hydrogen-bond donors (Lipinski definition) is 2. The summed E-state index contributed by atoms with van der Waals surface area (Å²) in [5, 5.41) is 12.2. The molecule has 1 aliphatic carbocycles. The molecule has 1 aromatic heterocycles. The van der Waals surface area contributed by atoms with Crippen molar-refractivity contribution in [1.82, 2.24) is 4.98 Å². The molecule has 0 spiro atoms. The largest absolute Gasteiger partial charge is 0.481 e. The van der Waals surface area contributed by atoms with Crippen molar-refractivity contribution < 1.29 is 24.2 Å². The molecule has 3 rings (SSSR count). The smallest absolute Gasteiger partial charge is 0.316 e. The third-order valence-electron chi connectivity index (χ3n) is 4.60. The lowest BCUT2D eigenvalue weighted by atomic mass is 9.78. The van der Waals surface area contributed by atoms with Gasteiger partial charge in [0.25, 0.3) is 0 Å². The normalized spacial score (nSPS) is 19.6. The van der Waals surface area contributed by atoms with Gasteiger partial charge >= 0.3 is 11.9 Å². The minimum absolute atomic E-state index is 0.193. The van der Waals surface area contributed by atoms with Gasteiger partial charge in [0.05, 0.1) is 34.9 Å². The molecule has 0 radical (unpaired) electrons. The number of amides is 1. The number of benzene rings is 1. The van der Waals surface area contributed by atoms with Crippen LogP contribution in [0.1, 0.15) is 25.7 Å².